The number of aliphatic carboxylic acids is 1. The van der Waals surface area contributed by atoms with Gasteiger partial charge in [0.15, 0.2) is 0 Å². The van der Waals surface area contributed by atoms with Gasteiger partial charge in [0.25, 0.3) is 0 Å². The van der Waals surface area contributed by atoms with E-state index < -0.39 is 18.0 Å². The molecule has 0 aromatic rings. The summed E-state index contributed by atoms with van der Waals surface area (Å²) >= 11 is 0. The van der Waals surface area contributed by atoms with Gasteiger partial charge in [-0.3, -0.25) is 0 Å². The zero-order valence-corrected chi connectivity index (χ0v) is 11.3. The molecule has 0 aromatic heterocycles. The molecule has 3 atom stereocenters. The number of hydrogen-bond donors (Lipinski definition) is 3. The number of urea groups is 1. The molecule has 0 aliphatic carbocycles. The summed E-state index contributed by atoms with van der Waals surface area (Å²) in [4.78, 5) is 22.7. The number of carbonyl (C=O) groups excluding carboxylic acids is 1. The van der Waals surface area contributed by atoms with Gasteiger partial charge in [0.05, 0.1) is 25.9 Å². The number of amides is 2. The molecule has 1 rings (SSSR count). The van der Waals surface area contributed by atoms with Gasteiger partial charge < -0.3 is 25.2 Å². The standard InChI is InChI=1S/C12H22N2O5/c1-3-8(2)10(11(15)16)14-12(17)13-6-9-7-18-4-5-19-9/h8-10H,3-7H2,1-2H3,(H,15,16)(H2,13,14,17). The maximum Gasteiger partial charge on any atom is 0.326 e. The van der Waals surface area contributed by atoms with Crippen molar-refractivity contribution in [1.29, 1.82) is 0 Å². The van der Waals surface area contributed by atoms with Gasteiger partial charge in [-0.05, 0) is 5.92 Å². The Morgan fingerprint density at radius 1 is 1.42 bits per heavy atom. The smallest absolute Gasteiger partial charge is 0.326 e. The summed E-state index contributed by atoms with van der Waals surface area (Å²) in [5.41, 5.74) is 0. The van der Waals surface area contributed by atoms with Crippen LogP contribution in [0.2, 0.25) is 0 Å². The first-order valence-corrected chi connectivity index (χ1v) is 6.51. The molecule has 2 amide bonds. The molecule has 1 heterocycles. The van der Waals surface area contributed by atoms with E-state index in [1.54, 1.807) is 6.92 Å². The fourth-order valence-corrected chi connectivity index (χ4v) is 1.74. The van der Waals surface area contributed by atoms with E-state index in [0.29, 0.717) is 32.8 Å². The van der Waals surface area contributed by atoms with Crippen LogP contribution in [0.1, 0.15) is 20.3 Å². The van der Waals surface area contributed by atoms with Gasteiger partial charge >= 0.3 is 12.0 Å². The minimum Gasteiger partial charge on any atom is -0.480 e. The summed E-state index contributed by atoms with van der Waals surface area (Å²) in [6, 6.07) is -1.38. The molecule has 0 bridgehead atoms. The zero-order valence-electron chi connectivity index (χ0n) is 11.3. The predicted octanol–water partition coefficient (Wildman–Crippen LogP) is 0.200. The van der Waals surface area contributed by atoms with E-state index in [1.807, 2.05) is 6.92 Å². The molecular weight excluding hydrogens is 252 g/mol. The molecule has 7 heteroatoms. The van der Waals surface area contributed by atoms with Gasteiger partial charge in [0.1, 0.15) is 6.04 Å². The molecule has 1 fully saturated rings. The number of ether oxygens (including phenoxy) is 2. The number of hydrogen-bond acceptors (Lipinski definition) is 4. The molecule has 0 radical (unpaired) electrons. The van der Waals surface area contributed by atoms with E-state index in [4.69, 9.17) is 14.6 Å². The Kier molecular flexibility index (Phi) is 6.58. The van der Waals surface area contributed by atoms with Crippen LogP contribution < -0.4 is 10.6 Å². The number of nitrogens with one attached hydrogen (secondary N) is 2. The third-order valence-corrected chi connectivity index (χ3v) is 3.14. The van der Waals surface area contributed by atoms with Gasteiger partial charge in [-0.15, -0.1) is 0 Å². The van der Waals surface area contributed by atoms with Crippen molar-refractivity contribution < 1.29 is 24.2 Å². The Morgan fingerprint density at radius 3 is 2.68 bits per heavy atom. The molecule has 1 aliphatic rings. The summed E-state index contributed by atoms with van der Waals surface area (Å²) in [6.07, 6.45) is 0.503. The van der Waals surface area contributed by atoms with E-state index in [1.165, 1.54) is 0 Å². The van der Waals surface area contributed by atoms with Crippen LogP contribution in [0, 0.1) is 5.92 Å². The SMILES string of the molecule is CCC(C)C(NC(=O)NCC1COCCO1)C(=O)O. The fourth-order valence-electron chi connectivity index (χ4n) is 1.74. The maximum absolute atomic E-state index is 11.6. The van der Waals surface area contributed by atoms with Crippen LogP contribution in [0.25, 0.3) is 0 Å². The first kappa shape index (κ1) is 15.7. The van der Waals surface area contributed by atoms with Gasteiger partial charge in [-0.1, -0.05) is 20.3 Å². The second-order valence-electron chi connectivity index (χ2n) is 4.62. The fraction of sp³-hybridized carbons (Fsp3) is 0.833. The predicted molar refractivity (Wildman–Crippen MR) is 68.0 cm³/mol. The maximum atomic E-state index is 11.6. The second-order valence-corrected chi connectivity index (χ2v) is 4.62. The van der Waals surface area contributed by atoms with Crippen molar-refractivity contribution in [2.45, 2.75) is 32.4 Å². The molecule has 1 saturated heterocycles. The van der Waals surface area contributed by atoms with Crippen LogP contribution in [-0.2, 0) is 14.3 Å². The highest BCUT2D eigenvalue weighted by atomic mass is 16.6. The van der Waals surface area contributed by atoms with Crippen molar-refractivity contribution in [3.63, 3.8) is 0 Å². The highest BCUT2D eigenvalue weighted by Gasteiger charge is 2.25. The number of carbonyl (C=O) groups is 2. The Hall–Kier alpha value is -1.34. The molecular formula is C12H22N2O5. The van der Waals surface area contributed by atoms with Crippen molar-refractivity contribution in [1.82, 2.24) is 10.6 Å². The first-order valence-electron chi connectivity index (χ1n) is 6.51. The molecule has 110 valence electrons. The average molecular weight is 274 g/mol. The molecule has 3 N–H and O–H groups in total. The quantitative estimate of drug-likeness (QED) is 0.643. The number of carboxylic acid groups (broad SMARTS) is 1. The Bertz CT molecular complexity index is 304. The van der Waals surface area contributed by atoms with Crippen molar-refractivity contribution in [3.8, 4) is 0 Å². The monoisotopic (exact) mass is 274 g/mol. The minimum absolute atomic E-state index is 0.127. The summed E-state index contributed by atoms with van der Waals surface area (Å²) in [5, 5.41) is 14.1. The minimum atomic E-state index is -1.03. The van der Waals surface area contributed by atoms with E-state index in [2.05, 4.69) is 10.6 Å². The number of carboxylic acids is 1. The van der Waals surface area contributed by atoms with E-state index in [0.717, 1.165) is 0 Å². The molecule has 7 nitrogen and oxygen atoms in total. The lowest BCUT2D eigenvalue weighted by Crippen LogP contribution is -2.51. The Morgan fingerprint density at radius 2 is 2.16 bits per heavy atom. The van der Waals surface area contributed by atoms with E-state index in [-0.39, 0.29) is 12.0 Å². The third kappa shape index (κ3) is 5.44. The van der Waals surface area contributed by atoms with Crippen LogP contribution in [-0.4, -0.2) is 55.6 Å². The molecule has 0 saturated carbocycles. The first-order chi connectivity index (χ1) is 9.04. The third-order valence-electron chi connectivity index (χ3n) is 3.14. The molecule has 0 aromatic carbocycles. The van der Waals surface area contributed by atoms with Gasteiger partial charge in [0.2, 0.25) is 0 Å². The van der Waals surface area contributed by atoms with E-state index in [9.17, 15) is 9.59 Å². The van der Waals surface area contributed by atoms with Gasteiger partial charge in [-0.2, -0.15) is 0 Å². The average Bonchev–Trinajstić information content (AvgIpc) is 2.42. The molecule has 1 aliphatic heterocycles. The highest BCUT2D eigenvalue weighted by molar-refractivity contribution is 5.82. The second kappa shape index (κ2) is 7.96. The molecule has 19 heavy (non-hydrogen) atoms. The molecule has 0 spiro atoms. The van der Waals surface area contributed by atoms with Crippen molar-refractivity contribution in [2.24, 2.45) is 5.92 Å². The van der Waals surface area contributed by atoms with Crippen molar-refractivity contribution in [2.75, 3.05) is 26.4 Å². The lowest BCUT2D eigenvalue weighted by Gasteiger charge is -2.24. The highest BCUT2D eigenvalue weighted by Crippen LogP contribution is 2.07. The van der Waals surface area contributed by atoms with Gasteiger partial charge in [-0.25, -0.2) is 9.59 Å². The Labute approximate surface area is 112 Å². The topological polar surface area (TPSA) is 96.9 Å². The summed E-state index contributed by atoms with van der Waals surface area (Å²) in [5.74, 6) is -1.15. The van der Waals surface area contributed by atoms with Crippen LogP contribution in [0.4, 0.5) is 4.79 Å². The van der Waals surface area contributed by atoms with Crippen LogP contribution in [0.3, 0.4) is 0 Å². The largest absolute Gasteiger partial charge is 0.480 e. The summed E-state index contributed by atoms with van der Waals surface area (Å²) in [7, 11) is 0. The number of rotatable bonds is 6. The molecule has 3 unspecified atom stereocenters. The van der Waals surface area contributed by atoms with Crippen molar-refractivity contribution >= 4 is 12.0 Å². The van der Waals surface area contributed by atoms with Crippen molar-refractivity contribution in [3.05, 3.63) is 0 Å². The summed E-state index contributed by atoms with van der Waals surface area (Å²) < 4.78 is 10.6. The van der Waals surface area contributed by atoms with Crippen LogP contribution >= 0.6 is 0 Å². The van der Waals surface area contributed by atoms with Gasteiger partial charge in [0, 0.05) is 6.54 Å². The van der Waals surface area contributed by atoms with E-state index >= 15 is 0 Å². The Balaban J connectivity index is 2.33. The van der Waals surface area contributed by atoms with Crippen LogP contribution in [0.15, 0.2) is 0 Å². The normalized spacial score (nSPS) is 22.3. The zero-order chi connectivity index (χ0) is 14.3. The summed E-state index contributed by atoms with van der Waals surface area (Å²) in [6.45, 7) is 5.49. The van der Waals surface area contributed by atoms with Crippen LogP contribution in [0.5, 0.6) is 0 Å². The lowest BCUT2D eigenvalue weighted by molar-refractivity contribution is -0.140. The lowest BCUT2D eigenvalue weighted by atomic mass is 9.99.